The summed E-state index contributed by atoms with van der Waals surface area (Å²) in [6, 6.07) is 8.79. The molecule has 0 radical (unpaired) electrons. The van der Waals surface area contributed by atoms with Crippen LogP contribution in [0.4, 0.5) is 4.79 Å². The molecule has 27 heavy (non-hydrogen) atoms. The predicted octanol–water partition coefficient (Wildman–Crippen LogP) is 2.07. The third-order valence-corrected chi connectivity index (χ3v) is 4.62. The zero-order chi connectivity index (χ0) is 19.0. The number of pyridine rings is 1. The Kier molecular flexibility index (Phi) is 4.31. The number of urea groups is 1. The van der Waals surface area contributed by atoms with Gasteiger partial charge in [-0.2, -0.15) is 0 Å². The molecule has 0 bridgehead atoms. The average molecular weight is 364 g/mol. The number of nitrogens with zero attached hydrogens (tertiary/aromatic N) is 5. The van der Waals surface area contributed by atoms with Gasteiger partial charge in [0.2, 0.25) is 0 Å². The molecule has 4 rings (SSSR count). The second kappa shape index (κ2) is 6.79. The van der Waals surface area contributed by atoms with E-state index in [1.54, 1.807) is 10.9 Å². The van der Waals surface area contributed by atoms with E-state index in [0.717, 1.165) is 16.5 Å². The predicted molar refractivity (Wildman–Crippen MR) is 98.7 cm³/mol. The molecule has 1 aromatic carbocycles. The number of aromatic nitrogens is 4. The van der Waals surface area contributed by atoms with Crippen LogP contribution in [-0.4, -0.2) is 42.9 Å². The van der Waals surface area contributed by atoms with Crippen molar-refractivity contribution in [2.24, 2.45) is 0 Å². The third-order valence-electron chi connectivity index (χ3n) is 4.62. The molecule has 8 heteroatoms. The van der Waals surface area contributed by atoms with Crippen LogP contribution in [0.5, 0.6) is 0 Å². The van der Waals surface area contributed by atoms with E-state index in [0.29, 0.717) is 12.1 Å². The minimum Gasteiger partial charge on any atom is -0.325 e. The van der Waals surface area contributed by atoms with Crippen LogP contribution in [-0.2, 0) is 17.8 Å². The van der Waals surface area contributed by atoms with Gasteiger partial charge >= 0.3 is 6.03 Å². The number of nitrogens with one attached hydrogen (secondary N) is 1. The molecule has 0 aliphatic carbocycles. The summed E-state index contributed by atoms with van der Waals surface area (Å²) < 4.78 is 1.73. The monoisotopic (exact) mass is 364 g/mol. The highest BCUT2D eigenvalue weighted by Gasteiger charge is 2.38. The molecule has 0 saturated carbocycles. The molecule has 3 aromatic rings. The molecule has 0 spiro atoms. The second-order valence-electron chi connectivity index (χ2n) is 6.94. The summed E-state index contributed by atoms with van der Waals surface area (Å²) in [5, 5.41) is 11.9. The van der Waals surface area contributed by atoms with Crippen LogP contribution in [0, 0.1) is 0 Å². The molecule has 2 aromatic heterocycles. The average Bonchev–Trinajstić information content (AvgIpc) is 3.22. The number of amides is 3. The van der Waals surface area contributed by atoms with Crippen molar-refractivity contribution in [1.29, 1.82) is 0 Å². The molecule has 138 valence electrons. The lowest BCUT2D eigenvalue weighted by molar-refractivity contribution is -0.127. The number of carbonyl (C=O) groups excluding carboxylic acids is 2. The molecular formula is C19H20N6O2. The summed E-state index contributed by atoms with van der Waals surface area (Å²) in [6.45, 7) is 4.22. The van der Waals surface area contributed by atoms with Gasteiger partial charge in [-0.25, -0.2) is 9.48 Å². The van der Waals surface area contributed by atoms with Gasteiger partial charge in [-0.1, -0.05) is 23.4 Å². The molecule has 1 saturated heterocycles. The van der Waals surface area contributed by atoms with Gasteiger partial charge in [-0.15, -0.1) is 5.10 Å². The Morgan fingerprint density at radius 2 is 2.07 bits per heavy atom. The quantitative estimate of drug-likeness (QED) is 0.700. The molecule has 1 fully saturated rings. The van der Waals surface area contributed by atoms with E-state index in [9.17, 15) is 9.59 Å². The number of imide groups is 1. The van der Waals surface area contributed by atoms with Gasteiger partial charge in [0.05, 0.1) is 17.8 Å². The zero-order valence-electron chi connectivity index (χ0n) is 15.2. The molecule has 3 amide bonds. The second-order valence-corrected chi connectivity index (χ2v) is 6.94. The fourth-order valence-electron chi connectivity index (χ4n) is 3.13. The summed E-state index contributed by atoms with van der Waals surface area (Å²) >= 11 is 0. The maximum atomic E-state index is 12.7. The first kappa shape index (κ1) is 17.1. The largest absolute Gasteiger partial charge is 0.325 e. The topological polar surface area (TPSA) is 93.0 Å². The van der Waals surface area contributed by atoms with Crippen LogP contribution < -0.4 is 5.32 Å². The summed E-state index contributed by atoms with van der Waals surface area (Å²) in [6.07, 6.45) is 3.86. The van der Waals surface area contributed by atoms with Gasteiger partial charge in [-0.05, 0) is 31.5 Å². The molecule has 3 heterocycles. The van der Waals surface area contributed by atoms with E-state index >= 15 is 0 Å². The lowest BCUT2D eigenvalue weighted by Gasteiger charge is -2.13. The third kappa shape index (κ3) is 3.38. The van der Waals surface area contributed by atoms with Gasteiger partial charge in [0.25, 0.3) is 5.91 Å². The molecule has 1 aliphatic rings. The van der Waals surface area contributed by atoms with E-state index < -0.39 is 6.04 Å². The van der Waals surface area contributed by atoms with Gasteiger partial charge in [-0.3, -0.25) is 14.7 Å². The zero-order valence-corrected chi connectivity index (χ0v) is 15.2. The lowest BCUT2D eigenvalue weighted by atomic mass is 10.1. The SMILES string of the molecule is CC(C)n1cc(CC2NC(=O)N(Cc3ccc4cccnc4c3)C2=O)nn1. The first-order valence-corrected chi connectivity index (χ1v) is 8.87. The Balaban J connectivity index is 1.48. The van der Waals surface area contributed by atoms with Gasteiger partial charge in [0.15, 0.2) is 0 Å². The molecule has 1 atom stereocenters. The van der Waals surface area contributed by atoms with Gasteiger partial charge < -0.3 is 5.32 Å². The fraction of sp³-hybridized carbons (Fsp3) is 0.316. The van der Waals surface area contributed by atoms with Crippen molar-refractivity contribution in [3.63, 3.8) is 0 Å². The summed E-state index contributed by atoms with van der Waals surface area (Å²) in [4.78, 5) is 30.6. The number of hydrogen-bond acceptors (Lipinski definition) is 5. The first-order chi connectivity index (χ1) is 13.0. The molecular weight excluding hydrogens is 344 g/mol. The number of carbonyl (C=O) groups is 2. The van der Waals surface area contributed by atoms with Crippen molar-refractivity contribution < 1.29 is 9.59 Å². The normalized spacial score (nSPS) is 17.1. The first-order valence-electron chi connectivity index (χ1n) is 8.87. The highest BCUT2D eigenvalue weighted by atomic mass is 16.2. The smallest absolute Gasteiger partial charge is 0.325 e. The van der Waals surface area contributed by atoms with E-state index in [-0.39, 0.29) is 24.5 Å². The molecule has 1 unspecified atom stereocenters. The van der Waals surface area contributed by atoms with Crippen LogP contribution in [0.25, 0.3) is 10.9 Å². The van der Waals surface area contributed by atoms with Crippen LogP contribution in [0.15, 0.2) is 42.7 Å². The highest BCUT2D eigenvalue weighted by molar-refractivity contribution is 6.04. The number of fused-ring (bicyclic) bond motifs is 1. The van der Waals surface area contributed by atoms with Crippen LogP contribution in [0.3, 0.4) is 0 Å². The van der Waals surface area contributed by atoms with Crippen molar-refractivity contribution in [3.05, 3.63) is 54.0 Å². The summed E-state index contributed by atoms with van der Waals surface area (Å²) in [5.41, 5.74) is 2.37. The van der Waals surface area contributed by atoms with Crippen LogP contribution >= 0.6 is 0 Å². The summed E-state index contributed by atoms with van der Waals surface area (Å²) in [5.74, 6) is -0.250. The van der Waals surface area contributed by atoms with Gasteiger partial charge in [0, 0.05) is 30.2 Å². The van der Waals surface area contributed by atoms with E-state index in [4.69, 9.17) is 0 Å². The molecule has 8 nitrogen and oxygen atoms in total. The van der Waals surface area contributed by atoms with Crippen LogP contribution in [0.2, 0.25) is 0 Å². The Morgan fingerprint density at radius 1 is 1.22 bits per heavy atom. The minimum atomic E-state index is -0.617. The van der Waals surface area contributed by atoms with Crippen molar-refractivity contribution in [2.45, 2.75) is 38.9 Å². The van der Waals surface area contributed by atoms with Crippen LogP contribution in [0.1, 0.15) is 31.1 Å². The maximum Gasteiger partial charge on any atom is 0.325 e. The minimum absolute atomic E-state index is 0.193. The fourth-order valence-corrected chi connectivity index (χ4v) is 3.13. The van der Waals surface area contributed by atoms with Crippen molar-refractivity contribution >= 4 is 22.8 Å². The number of benzene rings is 1. The Morgan fingerprint density at radius 3 is 2.85 bits per heavy atom. The Hall–Kier alpha value is -3.29. The number of rotatable bonds is 5. The van der Waals surface area contributed by atoms with Gasteiger partial charge in [0.1, 0.15) is 6.04 Å². The van der Waals surface area contributed by atoms with Crippen molar-refractivity contribution in [3.8, 4) is 0 Å². The highest BCUT2D eigenvalue weighted by Crippen LogP contribution is 2.18. The number of hydrogen-bond donors (Lipinski definition) is 1. The summed E-state index contributed by atoms with van der Waals surface area (Å²) in [7, 11) is 0. The molecule has 1 aliphatic heterocycles. The van der Waals surface area contributed by atoms with Crippen molar-refractivity contribution in [1.82, 2.24) is 30.2 Å². The van der Waals surface area contributed by atoms with Crippen molar-refractivity contribution in [2.75, 3.05) is 0 Å². The Bertz CT molecular complexity index is 1010. The molecule has 1 N–H and O–H groups in total. The standard InChI is InChI=1S/C19H20N6O2/c1-12(2)25-11-15(22-23-25)9-17-18(26)24(19(27)21-17)10-13-5-6-14-4-3-7-20-16(14)8-13/h3-8,11-12,17H,9-10H2,1-2H3,(H,21,27). The lowest BCUT2D eigenvalue weighted by Crippen LogP contribution is -2.32. The maximum absolute atomic E-state index is 12.7. The van der Waals surface area contributed by atoms with E-state index in [2.05, 4.69) is 20.6 Å². The van der Waals surface area contributed by atoms with E-state index in [1.165, 1.54) is 4.90 Å². The van der Waals surface area contributed by atoms with E-state index in [1.807, 2.05) is 50.4 Å². The Labute approximate surface area is 156 Å².